The number of benzene rings is 2. The normalized spacial score (nSPS) is 13.6. The molecule has 8 heteroatoms. The van der Waals surface area contributed by atoms with Crippen molar-refractivity contribution in [2.24, 2.45) is 5.73 Å². The van der Waals surface area contributed by atoms with E-state index in [0.717, 1.165) is 6.26 Å². The van der Waals surface area contributed by atoms with Crippen LogP contribution in [0.5, 0.6) is 5.75 Å². The highest BCUT2D eigenvalue weighted by atomic mass is 32.2. The molecule has 4 nitrogen and oxygen atoms in total. The van der Waals surface area contributed by atoms with E-state index in [1.165, 1.54) is 36.4 Å². The molecular formula is C15H14F3NO3S. The SMILES string of the molecule is CS(=O)(=O)c1ccc([C@@H](N)c2ccc(OC(F)(F)F)cc2)cc1. The number of ether oxygens (including phenoxy) is 1. The first-order valence-corrected chi connectivity index (χ1v) is 8.37. The van der Waals surface area contributed by atoms with Crippen molar-refractivity contribution in [3.8, 4) is 5.75 Å². The molecule has 0 unspecified atom stereocenters. The summed E-state index contributed by atoms with van der Waals surface area (Å²) < 4.78 is 62.9. The standard InChI is InChI=1S/C15H14F3NO3S/c1-23(20,21)13-8-4-11(5-9-13)14(19)10-2-6-12(7-3-10)22-15(16,17)18/h2-9,14H,19H2,1H3/t14-/m0/s1. The van der Waals surface area contributed by atoms with E-state index in [-0.39, 0.29) is 10.6 Å². The lowest BCUT2D eigenvalue weighted by Crippen LogP contribution is -2.17. The highest BCUT2D eigenvalue weighted by molar-refractivity contribution is 7.90. The summed E-state index contributed by atoms with van der Waals surface area (Å²) in [5.74, 6) is -0.333. The van der Waals surface area contributed by atoms with Gasteiger partial charge in [0.15, 0.2) is 9.84 Å². The number of rotatable bonds is 4. The predicted octanol–water partition coefficient (Wildman–Crippen LogP) is 3.04. The van der Waals surface area contributed by atoms with Crippen LogP contribution in [0.3, 0.4) is 0 Å². The van der Waals surface area contributed by atoms with E-state index in [2.05, 4.69) is 4.74 Å². The first-order valence-electron chi connectivity index (χ1n) is 6.47. The molecule has 0 saturated heterocycles. The Morgan fingerprint density at radius 1 is 0.957 bits per heavy atom. The van der Waals surface area contributed by atoms with Crippen LogP contribution >= 0.6 is 0 Å². The maximum atomic E-state index is 12.1. The molecule has 2 aromatic carbocycles. The summed E-state index contributed by atoms with van der Waals surface area (Å²) >= 11 is 0. The Balaban J connectivity index is 2.18. The first kappa shape index (κ1) is 17.3. The molecule has 0 aromatic heterocycles. The molecule has 0 heterocycles. The van der Waals surface area contributed by atoms with Gasteiger partial charge < -0.3 is 10.5 Å². The van der Waals surface area contributed by atoms with Crippen LogP contribution in [0.15, 0.2) is 53.4 Å². The van der Waals surface area contributed by atoms with Crippen molar-refractivity contribution in [1.82, 2.24) is 0 Å². The van der Waals surface area contributed by atoms with Gasteiger partial charge in [-0.05, 0) is 35.4 Å². The van der Waals surface area contributed by atoms with E-state index < -0.39 is 22.2 Å². The molecule has 2 N–H and O–H groups in total. The quantitative estimate of drug-likeness (QED) is 0.925. The molecule has 0 aliphatic heterocycles. The summed E-state index contributed by atoms with van der Waals surface area (Å²) in [5.41, 5.74) is 7.26. The maximum Gasteiger partial charge on any atom is 0.573 e. The van der Waals surface area contributed by atoms with Crippen molar-refractivity contribution in [2.75, 3.05) is 6.26 Å². The molecule has 0 saturated carbocycles. The number of hydrogen-bond donors (Lipinski definition) is 1. The number of hydrogen-bond acceptors (Lipinski definition) is 4. The lowest BCUT2D eigenvalue weighted by molar-refractivity contribution is -0.274. The molecule has 0 aliphatic carbocycles. The zero-order valence-electron chi connectivity index (χ0n) is 12.0. The highest BCUT2D eigenvalue weighted by Crippen LogP contribution is 2.26. The fourth-order valence-corrected chi connectivity index (χ4v) is 2.62. The number of alkyl halides is 3. The number of nitrogens with two attached hydrogens (primary N) is 1. The van der Waals surface area contributed by atoms with Crippen LogP contribution in [0.1, 0.15) is 17.2 Å². The van der Waals surface area contributed by atoms with Gasteiger partial charge in [0.2, 0.25) is 0 Å². The molecule has 1 atom stereocenters. The van der Waals surface area contributed by atoms with Gasteiger partial charge in [-0.1, -0.05) is 24.3 Å². The molecule has 2 rings (SSSR count). The Bertz CT molecular complexity index is 769. The second kappa shape index (κ2) is 6.21. The van der Waals surface area contributed by atoms with Crippen LogP contribution < -0.4 is 10.5 Å². The van der Waals surface area contributed by atoms with E-state index in [9.17, 15) is 21.6 Å². The van der Waals surface area contributed by atoms with Crippen molar-refractivity contribution in [3.05, 3.63) is 59.7 Å². The minimum Gasteiger partial charge on any atom is -0.406 e. The molecule has 0 amide bonds. The van der Waals surface area contributed by atoms with Gasteiger partial charge in [0.25, 0.3) is 0 Å². The highest BCUT2D eigenvalue weighted by Gasteiger charge is 2.31. The Morgan fingerprint density at radius 3 is 1.78 bits per heavy atom. The number of sulfone groups is 1. The monoisotopic (exact) mass is 345 g/mol. The molecule has 124 valence electrons. The molecule has 0 fully saturated rings. The third-order valence-electron chi connectivity index (χ3n) is 3.14. The third kappa shape index (κ3) is 4.70. The largest absolute Gasteiger partial charge is 0.573 e. The van der Waals surface area contributed by atoms with Crippen molar-refractivity contribution >= 4 is 9.84 Å². The second-order valence-electron chi connectivity index (χ2n) is 4.94. The second-order valence-corrected chi connectivity index (χ2v) is 6.95. The molecule has 0 aliphatic rings. The fraction of sp³-hybridized carbons (Fsp3) is 0.200. The van der Waals surface area contributed by atoms with Crippen molar-refractivity contribution in [2.45, 2.75) is 17.3 Å². The van der Waals surface area contributed by atoms with E-state index in [0.29, 0.717) is 11.1 Å². The topological polar surface area (TPSA) is 69.4 Å². The van der Waals surface area contributed by atoms with E-state index in [1.54, 1.807) is 12.1 Å². The van der Waals surface area contributed by atoms with Gasteiger partial charge in [-0.25, -0.2) is 8.42 Å². The van der Waals surface area contributed by atoms with Gasteiger partial charge in [0.1, 0.15) is 5.75 Å². The average molecular weight is 345 g/mol. The fourth-order valence-electron chi connectivity index (χ4n) is 1.99. The van der Waals surface area contributed by atoms with E-state index >= 15 is 0 Å². The summed E-state index contributed by atoms with van der Waals surface area (Å²) in [6.45, 7) is 0. The lowest BCUT2D eigenvalue weighted by Gasteiger charge is -2.14. The minimum atomic E-state index is -4.74. The molecule has 0 radical (unpaired) electrons. The molecule has 23 heavy (non-hydrogen) atoms. The van der Waals surface area contributed by atoms with Crippen LogP contribution in [0.25, 0.3) is 0 Å². The molecule has 0 spiro atoms. The molecular weight excluding hydrogens is 331 g/mol. The zero-order chi connectivity index (χ0) is 17.3. The van der Waals surface area contributed by atoms with E-state index in [4.69, 9.17) is 5.73 Å². The van der Waals surface area contributed by atoms with E-state index in [1.807, 2.05) is 0 Å². The summed E-state index contributed by atoms with van der Waals surface area (Å²) in [4.78, 5) is 0.169. The van der Waals surface area contributed by atoms with Gasteiger partial charge in [0, 0.05) is 6.26 Å². The minimum absolute atomic E-state index is 0.169. The van der Waals surface area contributed by atoms with Crippen molar-refractivity contribution in [3.63, 3.8) is 0 Å². The van der Waals surface area contributed by atoms with Crippen molar-refractivity contribution < 1.29 is 26.3 Å². The summed E-state index contributed by atoms with van der Waals surface area (Å²) in [7, 11) is -3.30. The van der Waals surface area contributed by atoms with Crippen LogP contribution in [-0.2, 0) is 9.84 Å². The van der Waals surface area contributed by atoms with Crippen LogP contribution in [0.4, 0.5) is 13.2 Å². The average Bonchev–Trinajstić information content (AvgIpc) is 2.45. The van der Waals surface area contributed by atoms with Gasteiger partial charge in [0.05, 0.1) is 10.9 Å². The third-order valence-corrected chi connectivity index (χ3v) is 4.27. The molecule has 0 bridgehead atoms. The summed E-state index contributed by atoms with van der Waals surface area (Å²) in [6.07, 6.45) is -3.65. The van der Waals surface area contributed by atoms with Gasteiger partial charge >= 0.3 is 6.36 Å². The smallest absolute Gasteiger partial charge is 0.406 e. The Kier molecular flexibility index (Phi) is 4.67. The number of halogens is 3. The Labute approximate surface area is 131 Å². The van der Waals surface area contributed by atoms with Crippen LogP contribution in [-0.4, -0.2) is 21.0 Å². The van der Waals surface area contributed by atoms with Crippen LogP contribution in [0.2, 0.25) is 0 Å². The lowest BCUT2D eigenvalue weighted by atomic mass is 10.00. The van der Waals surface area contributed by atoms with Gasteiger partial charge in [-0.3, -0.25) is 0 Å². The van der Waals surface area contributed by atoms with Crippen LogP contribution in [0, 0.1) is 0 Å². The Morgan fingerprint density at radius 2 is 1.39 bits per heavy atom. The predicted molar refractivity (Wildman–Crippen MR) is 78.7 cm³/mol. The maximum absolute atomic E-state index is 12.1. The summed E-state index contributed by atoms with van der Waals surface area (Å²) in [6, 6.07) is 10.6. The van der Waals surface area contributed by atoms with Gasteiger partial charge in [-0.2, -0.15) is 0 Å². The van der Waals surface area contributed by atoms with Crippen molar-refractivity contribution in [1.29, 1.82) is 0 Å². The van der Waals surface area contributed by atoms with Gasteiger partial charge in [-0.15, -0.1) is 13.2 Å². The molecule has 2 aromatic rings. The first-order chi connectivity index (χ1) is 10.6. The summed E-state index contributed by atoms with van der Waals surface area (Å²) in [5, 5.41) is 0. The zero-order valence-corrected chi connectivity index (χ0v) is 12.9. The Hall–Kier alpha value is -2.06.